The van der Waals surface area contributed by atoms with Crippen molar-refractivity contribution >= 4 is 22.5 Å². The first-order valence-corrected chi connectivity index (χ1v) is 11.6. The second-order valence-corrected chi connectivity index (χ2v) is 8.78. The van der Waals surface area contributed by atoms with Crippen molar-refractivity contribution in [3.05, 3.63) is 106 Å². The Kier molecular flexibility index (Phi) is 6.09. The quantitative estimate of drug-likeness (QED) is 0.386. The number of nitrogens with zero attached hydrogens (tertiary/aromatic N) is 2. The molecule has 170 valence electrons. The molecular formula is C29H27N3O2. The normalized spacial score (nSPS) is 14.1. The average molecular weight is 450 g/mol. The van der Waals surface area contributed by atoms with Crippen LogP contribution in [0.25, 0.3) is 10.9 Å². The largest absolute Gasteiger partial charge is 0.487 e. The lowest BCUT2D eigenvalue weighted by Crippen LogP contribution is -2.22. The summed E-state index contributed by atoms with van der Waals surface area (Å²) in [7, 11) is 0. The van der Waals surface area contributed by atoms with E-state index in [1.807, 2.05) is 42.5 Å². The van der Waals surface area contributed by atoms with Crippen molar-refractivity contribution in [3.8, 4) is 5.75 Å². The lowest BCUT2D eigenvalue weighted by atomic mass is 9.86. The van der Waals surface area contributed by atoms with Gasteiger partial charge < -0.3 is 4.74 Å². The van der Waals surface area contributed by atoms with E-state index in [9.17, 15) is 4.79 Å². The number of ether oxygens (including phenoxy) is 1. The molecule has 5 heteroatoms. The molecule has 0 radical (unpaired) electrons. The molecule has 1 aliphatic carbocycles. The van der Waals surface area contributed by atoms with Gasteiger partial charge in [0.05, 0.1) is 5.71 Å². The summed E-state index contributed by atoms with van der Waals surface area (Å²) < 4.78 is 6.00. The summed E-state index contributed by atoms with van der Waals surface area (Å²) in [5.41, 5.74) is 11.1. The molecule has 1 amide bonds. The zero-order valence-electron chi connectivity index (χ0n) is 19.5. The SMILES string of the molecule is Cc1cc(C)c2c(c1)C(=NNC(=O)c1ccc(COc3cccc4cccnc34)cc1)CCC2. The Balaban J connectivity index is 1.25. The standard InChI is InChI=1S/C29H27N3O2/c1-19-16-20(2)24-8-4-9-26(25(24)17-19)31-32-29(33)23-13-11-21(12-14-23)18-34-27-10-3-6-22-7-5-15-30-28(22)27/h3,5-7,10-17H,4,8-9,18H2,1-2H3,(H,32,33). The van der Waals surface area contributed by atoms with Crippen LogP contribution in [0.5, 0.6) is 5.75 Å². The molecule has 1 aliphatic rings. The molecule has 0 saturated heterocycles. The highest BCUT2D eigenvalue weighted by atomic mass is 16.5. The molecule has 1 aromatic heterocycles. The first-order chi connectivity index (χ1) is 16.6. The van der Waals surface area contributed by atoms with Gasteiger partial charge in [-0.15, -0.1) is 0 Å². The van der Waals surface area contributed by atoms with Gasteiger partial charge in [-0.05, 0) is 80.1 Å². The number of rotatable bonds is 5. The number of para-hydroxylation sites is 1. The minimum Gasteiger partial charge on any atom is -0.487 e. The maximum Gasteiger partial charge on any atom is 0.271 e. The van der Waals surface area contributed by atoms with Crippen LogP contribution in [0.3, 0.4) is 0 Å². The molecule has 1 heterocycles. The third-order valence-electron chi connectivity index (χ3n) is 6.27. The van der Waals surface area contributed by atoms with E-state index in [-0.39, 0.29) is 5.91 Å². The number of benzene rings is 3. The minimum absolute atomic E-state index is 0.213. The summed E-state index contributed by atoms with van der Waals surface area (Å²) in [5, 5.41) is 5.54. The first kappa shape index (κ1) is 21.8. The van der Waals surface area contributed by atoms with Gasteiger partial charge in [0.15, 0.2) is 0 Å². The van der Waals surface area contributed by atoms with Crippen LogP contribution >= 0.6 is 0 Å². The summed E-state index contributed by atoms with van der Waals surface area (Å²) in [5.74, 6) is 0.531. The Bertz CT molecular complexity index is 1390. The van der Waals surface area contributed by atoms with Gasteiger partial charge in [-0.3, -0.25) is 9.78 Å². The van der Waals surface area contributed by atoms with Gasteiger partial charge >= 0.3 is 0 Å². The van der Waals surface area contributed by atoms with Crippen molar-refractivity contribution in [3.63, 3.8) is 0 Å². The Labute approximate surface area is 199 Å². The molecule has 34 heavy (non-hydrogen) atoms. The monoisotopic (exact) mass is 449 g/mol. The molecule has 1 N–H and O–H groups in total. The van der Waals surface area contributed by atoms with E-state index in [0.717, 1.165) is 47.2 Å². The Morgan fingerprint density at radius 2 is 1.85 bits per heavy atom. The molecule has 3 aromatic carbocycles. The number of aryl methyl sites for hydroxylation is 2. The van der Waals surface area contributed by atoms with Gasteiger partial charge in [0, 0.05) is 22.7 Å². The molecule has 0 unspecified atom stereocenters. The first-order valence-electron chi connectivity index (χ1n) is 11.6. The minimum atomic E-state index is -0.213. The topological polar surface area (TPSA) is 63.6 Å². The third kappa shape index (κ3) is 4.55. The molecule has 0 fully saturated rings. The predicted octanol–water partition coefficient (Wildman–Crippen LogP) is 5.90. The third-order valence-corrected chi connectivity index (χ3v) is 6.27. The van der Waals surface area contributed by atoms with Crippen LogP contribution in [0.2, 0.25) is 0 Å². The number of carbonyl (C=O) groups is 1. The van der Waals surface area contributed by atoms with E-state index in [1.165, 1.54) is 22.3 Å². The zero-order chi connectivity index (χ0) is 23.5. The van der Waals surface area contributed by atoms with Crippen LogP contribution in [0.15, 0.2) is 78.0 Å². The molecule has 5 rings (SSSR count). The highest BCUT2D eigenvalue weighted by Crippen LogP contribution is 2.26. The molecule has 0 spiro atoms. The summed E-state index contributed by atoms with van der Waals surface area (Å²) in [4.78, 5) is 17.1. The summed E-state index contributed by atoms with van der Waals surface area (Å²) in [6.45, 7) is 4.64. The van der Waals surface area contributed by atoms with E-state index in [0.29, 0.717) is 12.2 Å². The molecule has 0 saturated carbocycles. The second kappa shape index (κ2) is 9.48. The van der Waals surface area contributed by atoms with Gasteiger partial charge in [0.1, 0.15) is 17.9 Å². The van der Waals surface area contributed by atoms with Crippen molar-refractivity contribution < 1.29 is 9.53 Å². The van der Waals surface area contributed by atoms with Gasteiger partial charge in [0.25, 0.3) is 5.91 Å². The van der Waals surface area contributed by atoms with Crippen LogP contribution in [-0.4, -0.2) is 16.6 Å². The van der Waals surface area contributed by atoms with Gasteiger partial charge in [0.2, 0.25) is 0 Å². The van der Waals surface area contributed by atoms with E-state index in [4.69, 9.17) is 4.74 Å². The number of hydrogen-bond donors (Lipinski definition) is 1. The van der Waals surface area contributed by atoms with Crippen molar-refractivity contribution in [2.45, 2.75) is 39.7 Å². The molecule has 0 atom stereocenters. The van der Waals surface area contributed by atoms with Crippen LogP contribution in [0.4, 0.5) is 0 Å². The smallest absolute Gasteiger partial charge is 0.271 e. The predicted molar refractivity (Wildman–Crippen MR) is 135 cm³/mol. The van der Waals surface area contributed by atoms with E-state index in [2.05, 4.69) is 41.5 Å². The summed E-state index contributed by atoms with van der Waals surface area (Å²) >= 11 is 0. The summed E-state index contributed by atoms with van der Waals surface area (Å²) in [6.07, 6.45) is 4.75. The average Bonchev–Trinajstić information content (AvgIpc) is 2.86. The highest BCUT2D eigenvalue weighted by molar-refractivity contribution is 6.04. The van der Waals surface area contributed by atoms with Gasteiger partial charge in [-0.2, -0.15) is 5.10 Å². The maximum atomic E-state index is 12.7. The number of nitrogens with one attached hydrogen (secondary N) is 1. The number of hydrazone groups is 1. The second-order valence-electron chi connectivity index (χ2n) is 8.78. The van der Waals surface area contributed by atoms with Crippen LogP contribution in [0.1, 0.15) is 51.0 Å². The molecule has 4 aromatic rings. The highest BCUT2D eigenvalue weighted by Gasteiger charge is 2.18. The molecule has 5 nitrogen and oxygen atoms in total. The van der Waals surface area contributed by atoms with Crippen molar-refractivity contribution in [1.82, 2.24) is 10.4 Å². The number of carbonyl (C=O) groups excluding carboxylic acids is 1. The van der Waals surface area contributed by atoms with E-state index < -0.39 is 0 Å². The molecular weight excluding hydrogens is 422 g/mol. The van der Waals surface area contributed by atoms with Crippen molar-refractivity contribution in [1.29, 1.82) is 0 Å². The Morgan fingerprint density at radius 3 is 2.71 bits per heavy atom. The number of hydrogen-bond acceptors (Lipinski definition) is 4. The van der Waals surface area contributed by atoms with E-state index in [1.54, 1.807) is 18.3 Å². The lowest BCUT2D eigenvalue weighted by molar-refractivity contribution is 0.0954. The fourth-order valence-corrected chi connectivity index (χ4v) is 4.56. The van der Waals surface area contributed by atoms with Crippen molar-refractivity contribution in [2.75, 3.05) is 0 Å². The van der Waals surface area contributed by atoms with Crippen molar-refractivity contribution in [2.24, 2.45) is 5.10 Å². The maximum absolute atomic E-state index is 12.7. The number of pyridine rings is 1. The fourth-order valence-electron chi connectivity index (χ4n) is 4.56. The van der Waals surface area contributed by atoms with Crippen LogP contribution < -0.4 is 10.2 Å². The fraction of sp³-hybridized carbons (Fsp3) is 0.207. The molecule has 0 aliphatic heterocycles. The van der Waals surface area contributed by atoms with Crippen LogP contribution in [0, 0.1) is 13.8 Å². The zero-order valence-corrected chi connectivity index (χ0v) is 19.5. The number of amides is 1. The van der Waals surface area contributed by atoms with Gasteiger partial charge in [-0.25, -0.2) is 5.43 Å². The van der Waals surface area contributed by atoms with Crippen LogP contribution in [-0.2, 0) is 13.0 Å². The van der Waals surface area contributed by atoms with E-state index >= 15 is 0 Å². The Morgan fingerprint density at radius 1 is 1.03 bits per heavy atom. The summed E-state index contributed by atoms with van der Waals surface area (Å²) in [6, 6.07) is 21.6. The Hall–Kier alpha value is -3.99. The van der Waals surface area contributed by atoms with Gasteiger partial charge in [-0.1, -0.05) is 42.0 Å². The lowest BCUT2D eigenvalue weighted by Gasteiger charge is -2.20. The number of fused-ring (bicyclic) bond motifs is 2. The number of aromatic nitrogens is 1. The molecule has 0 bridgehead atoms.